The molecule has 0 spiro atoms. The molecule has 10 heteroatoms. The van der Waals surface area contributed by atoms with Crippen LogP contribution in [0, 0.1) is 0 Å². The van der Waals surface area contributed by atoms with Crippen molar-refractivity contribution in [2.75, 3.05) is 11.0 Å². The van der Waals surface area contributed by atoms with E-state index in [-0.39, 0.29) is 10.9 Å². The molecule has 0 aliphatic heterocycles. The number of aromatic nitrogens is 2. The average molecular weight is 370 g/mol. The Kier molecular flexibility index (Phi) is 5.14. The summed E-state index contributed by atoms with van der Waals surface area (Å²) >= 11 is 14.3. The second-order valence-electron chi connectivity index (χ2n) is 3.67. The fourth-order valence-electron chi connectivity index (χ4n) is 1.35. The van der Waals surface area contributed by atoms with Gasteiger partial charge < -0.3 is 0 Å². The molecule has 0 radical (unpaired) electrons. The van der Waals surface area contributed by atoms with Crippen molar-refractivity contribution in [2.45, 2.75) is 10.1 Å². The molecule has 1 aromatic carbocycles. The molecule has 108 valence electrons. The van der Waals surface area contributed by atoms with Crippen molar-refractivity contribution in [3.05, 3.63) is 33.8 Å². The highest BCUT2D eigenvalue weighted by Crippen LogP contribution is 2.26. The van der Waals surface area contributed by atoms with Crippen LogP contribution >= 0.6 is 46.3 Å². The summed E-state index contributed by atoms with van der Waals surface area (Å²) < 4.78 is 27.1. The van der Waals surface area contributed by atoms with Crippen LogP contribution in [-0.4, -0.2) is 24.9 Å². The normalized spacial score (nSPS) is 11.6. The third kappa shape index (κ3) is 4.23. The first-order valence-electron chi connectivity index (χ1n) is 5.21. The maximum absolute atomic E-state index is 12.0. The van der Waals surface area contributed by atoms with Crippen molar-refractivity contribution in [3.63, 3.8) is 0 Å². The van der Waals surface area contributed by atoms with Gasteiger partial charge in [0.05, 0.1) is 5.75 Å². The molecule has 0 atom stereocenters. The van der Waals surface area contributed by atoms with Crippen molar-refractivity contribution in [2.24, 2.45) is 0 Å². The van der Waals surface area contributed by atoms with Crippen molar-refractivity contribution in [3.8, 4) is 0 Å². The van der Waals surface area contributed by atoms with Gasteiger partial charge in [0.15, 0.2) is 4.34 Å². The largest absolute Gasteiger partial charge is 0.257 e. The van der Waals surface area contributed by atoms with E-state index in [0.717, 1.165) is 0 Å². The van der Waals surface area contributed by atoms with Gasteiger partial charge in [-0.2, -0.15) is 0 Å². The summed E-state index contributed by atoms with van der Waals surface area (Å²) in [6, 6.07) is 4.68. The number of rotatable bonds is 5. The van der Waals surface area contributed by atoms with Crippen molar-refractivity contribution >= 4 is 61.5 Å². The molecule has 0 unspecified atom stereocenters. The minimum absolute atomic E-state index is 0.236. The predicted molar refractivity (Wildman–Crippen MR) is 84.4 cm³/mol. The first kappa shape index (κ1) is 15.8. The zero-order chi connectivity index (χ0) is 14.8. The van der Waals surface area contributed by atoms with Gasteiger partial charge in [-0.25, -0.2) is 8.42 Å². The van der Waals surface area contributed by atoms with E-state index < -0.39 is 10.0 Å². The highest BCUT2D eigenvalue weighted by atomic mass is 35.5. The number of halogens is 2. The molecule has 1 aromatic heterocycles. The number of nitrogens with one attached hydrogen (secondary N) is 1. The van der Waals surface area contributed by atoms with E-state index in [0.29, 0.717) is 19.9 Å². The zero-order valence-electron chi connectivity index (χ0n) is 10.1. The molecule has 20 heavy (non-hydrogen) atoms. The summed E-state index contributed by atoms with van der Waals surface area (Å²) in [5, 5.41) is 8.57. The summed E-state index contributed by atoms with van der Waals surface area (Å²) in [7, 11) is -3.60. The zero-order valence-corrected chi connectivity index (χ0v) is 14.1. The van der Waals surface area contributed by atoms with Gasteiger partial charge >= 0.3 is 0 Å². The maximum Gasteiger partial charge on any atom is 0.238 e. The number of nitrogens with zero attached hydrogens (tertiary/aromatic N) is 2. The summed E-state index contributed by atoms with van der Waals surface area (Å²) in [5.74, 6) is -0.253. The molecule has 0 bridgehead atoms. The van der Waals surface area contributed by atoms with Crippen LogP contribution in [0.15, 0.2) is 22.5 Å². The molecule has 0 saturated carbocycles. The third-order valence-corrected chi connectivity index (χ3v) is 5.91. The van der Waals surface area contributed by atoms with Gasteiger partial charge in [0.2, 0.25) is 15.2 Å². The Hall–Kier alpha value is -0.540. The van der Waals surface area contributed by atoms with Crippen LogP contribution < -0.4 is 4.72 Å². The van der Waals surface area contributed by atoms with Gasteiger partial charge in [0.1, 0.15) is 0 Å². The Bertz CT molecular complexity index is 718. The molecule has 0 amide bonds. The Morgan fingerprint density at radius 2 is 2.10 bits per heavy atom. The molecule has 2 rings (SSSR count). The molecule has 0 fully saturated rings. The van der Waals surface area contributed by atoms with Crippen LogP contribution in [0.4, 0.5) is 5.13 Å². The van der Waals surface area contributed by atoms with Crippen molar-refractivity contribution in [1.29, 1.82) is 0 Å². The van der Waals surface area contributed by atoms with Crippen molar-refractivity contribution < 1.29 is 8.42 Å². The Morgan fingerprint density at radius 3 is 2.70 bits per heavy atom. The molecule has 1 heterocycles. The van der Waals surface area contributed by atoms with Gasteiger partial charge in [-0.05, 0) is 24.0 Å². The number of hydrogen-bond acceptors (Lipinski definition) is 6. The van der Waals surface area contributed by atoms with Crippen LogP contribution in [0.5, 0.6) is 0 Å². The van der Waals surface area contributed by atoms with Crippen LogP contribution in [0.2, 0.25) is 10.0 Å². The van der Waals surface area contributed by atoms with Gasteiger partial charge in [0, 0.05) is 10.0 Å². The lowest BCUT2D eigenvalue weighted by molar-refractivity contribution is 0.600. The Morgan fingerprint density at radius 1 is 1.35 bits per heavy atom. The second-order valence-corrected chi connectivity index (χ2v) is 8.27. The highest BCUT2D eigenvalue weighted by molar-refractivity contribution is 8.00. The van der Waals surface area contributed by atoms with Crippen LogP contribution in [0.25, 0.3) is 0 Å². The molecule has 1 N–H and O–H groups in total. The summed E-state index contributed by atoms with van der Waals surface area (Å²) in [6.07, 6.45) is 1.84. The molecule has 0 saturated heterocycles. The van der Waals surface area contributed by atoms with E-state index in [4.69, 9.17) is 23.2 Å². The van der Waals surface area contributed by atoms with E-state index in [1.807, 2.05) is 6.26 Å². The fourth-order valence-corrected chi connectivity index (χ4v) is 4.51. The molecule has 2 aromatic rings. The van der Waals surface area contributed by atoms with Gasteiger partial charge in [-0.3, -0.25) is 4.72 Å². The van der Waals surface area contributed by atoms with Crippen LogP contribution in [-0.2, 0) is 15.8 Å². The standard InChI is InChI=1S/C10H9Cl2N3O2S3/c1-18-10-14-13-9(19-10)15-20(16,17)5-6-2-3-7(11)4-8(6)12/h2-4H,5H2,1H3,(H,13,15). The van der Waals surface area contributed by atoms with Crippen LogP contribution in [0.1, 0.15) is 5.56 Å². The van der Waals surface area contributed by atoms with E-state index in [9.17, 15) is 8.42 Å². The minimum Gasteiger partial charge on any atom is -0.257 e. The lowest BCUT2D eigenvalue weighted by Crippen LogP contribution is -2.15. The predicted octanol–water partition coefficient (Wildman–Crippen LogP) is 3.51. The first-order chi connectivity index (χ1) is 9.39. The van der Waals surface area contributed by atoms with Gasteiger partial charge in [-0.15, -0.1) is 10.2 Å². The first-order valence-corrected chi connectivity index (χ1v) is 9.66. The van der Waals surface area contributed by atoms with Crippen molar-refractivity contribution in [1.82, 2.24) is 10.2 Å². The Balaban J connectivity index is 2.14. The van der Waals surface area contributed by atoms with E-state index >= 15 is 0 Å². The molecule has 0 aliphatic carbocycles. The lowest BCUT2D eigenvalue weighted by Gasteiger charge is -2.06. The quantitative estimate of drug-likeness (QED) is 0.816. The van der Waals surface area contributed by atoms with E-state index in [1.54, 1.807) is 12.1 Å². The SMILES string of the molecule is CSc1nnc(NS(=O)(=O)Cc2ccc(Cl)cc2Cl)s1. The average Bonchev–Trinajstić information content (AvgIpc) is 2.79. The maximum atomic E-state index is 12.0. The smallest absolute Gasteiger partial charge is 0.238 e. The summed E-state index contributed by atoms with van der Waals surface area (Å²) in [5.41, 5.74) is 0.471. The third-order valence-electron chi connectivity index (χ3n) is 2.18. The number of anilines is 1. The van der Waals surface area contributed by atoms with E-state index in [2.05, 4.69) is 14.9 Å². The minimum atomic E-state index is -3.60. The Labute approximate surface area is 134 Å². The number of hydrogen-bond donors (Lipinski definition) is 1. The number of thioether (sulfide) groups is 1. The van der Waals surface area contributed by atoms with Gasteiger partial charge in [0.25, 0.3) is 0 Å². The number of benzene rings is 1. The molecule has 5 nitrogen and oxygen atoms in total. The lowest BCUT2D eigenvalue weighted by atomic mass is 10.2. The summed E-state index contributed by atoms with van der Waals surface area (Å²) in [4.78, 5) is 0. The number of sulfonamides is 1. The molecular formula is C10H9Cl2N3O2S3. The topological polar surface area (TPSA) is 72.0 Å². The monoisotopic (exact) mass is 369 g/mol. The fraction of sp³-hybridized carbons (Fsp3) is 0.200. The van der Waals surface area contributed by atoms with E-state index in [1.165, 1.54) is 29.2 Å². The molecular weight excluding hydrogens is 361 g/mol. The summed E-state index contributed by atoms with van der Waals surface area (Å²) in [6.45, 7) is 0. The highest BCUT2D eigenvalue weighted by Gasteiger charge is 2.16. The van der Waals surface area contributed by atoms with Crippen LogP contribution in [0.3, 0.4) is 0 Å². The second kappa shape index (κ2) is 6.48. The molecule has 0 aliphatic rings. The van der Waals surface area contributed by atoms with Gasteiger partial charge in [-0.1, -0.05) is 52.4 Å².